The number of rotatable bonds is 4. The molecule has 0 heterocycles. The highest BCUT2D eigenvalue weighted by Crippen LogP contribution is 2.26. The largest absolute Gasteiger partial charge is 0.392 e. The Kier molecular flexibility index (Phi) is 4.26. The molecule has 1 aromatic carbocycles. The van der Waals surface area contributed by atoms with Crippen molar-refractivity contribution in [3.8, 4) is 0 Å². The Balaban J connectivity index is 3.02. The highest BCUT2D eigenvalue weighted by Gasteiger charge is 2.13. The van der Waals surface area contributed by atoms with Crippen LogP contribution in [-0.2, 0) is 0 Å². The molecule has 0 saturated heterocycles. The molecule has 0 saturated carbocycles. The topological polar surface area (TPSA) is 43.7 Å². The lowest BCUT2D eigenvalue weighted by Gasteiger charge is -2.24. The highest BCUT2D eigenvalue weighted by atomic mass is 19.1. The number of likely N-dealkylation sites (N-methyl/N-ethyl adjacent to an activating group) is 1. The molecule has 0 aliphatic rings. The minimum Gasteiger partial charge on any atom is -0.392 e. The Labute approximate surface area is 95.1 Å². The maximum absolute atomic E-state index is 13.1. The lowest BCUT2D eigenvalue weighted by Crippen LogP contribution is -2.28. The molecule has 0 radical (unpaired) electrons. The van der Waals surface area contributed by atoms with E-state index in [1.54, 1.807) is 31.9 Å². The summed E-state index contributed by atoms with van der Waals surface area (Å²) in [6, 6.07) is 4.28. The van der Waals surface area contributed by atoms with Crippen LogP contribution < -0.4 is 4.90 Å². The van der Waals surface area contributed by atoms with E-state index in [1.165, 1.54) is 12.1 Å². The van der Waals surface area contributed by atoms with Crippen LogP contribution in [0.1, 0.15) is 25.5 Å². The summed E-state index contributed by atoms with van der Waals surface area (Å²) in [7, 11) is 1.80. The predicted octanol–water partition coefficient (Wildman–Crippen LogP) is 1.70. The molecule has 2 N–H and O–H groups in total. The van der Waals surface area contributed by atoms with E-state index in [0.29, 0.717) is 12.1 Å². The van der Waals surface area contributed by atoms with Crippen LogP contribution in [0.3, 0.4) is 0 Å². The summed E-state index contributed by atoms with van der Waals surface area (Å²) in [5.74, 6) is -0.370. The van der Waals surface area contributed by atoms with Gasteiger partial charge >= 0.3 is 0 Å². The van der Waals surface area contributed by atoms with Crippen molar-refractivity contribution in [2.45, 2.75) is 26.1 Å². The second-order valence-corrected chi connectivity index (χ2v) is 4.11. The third-order valence-electron chi connectivity index (χ3n) is 2.39. The Bertz CT molecular complexity index is 353. The van der Waals surface area contributed by atoms with Gasteiger partial charge in [0, 0.05) is 24.8 Å². The van der Waals surface area contributed by atoms with Crippen LogP contribution in [0.25, 0.3) is 0 Å². The van der Waals surface area contributed by atoms with Gasteiger partial charge < -0.3 is 15.1 Å². The Hall–Kier alpha value is -1.13. The fourth-order valence-corrected chi connectivity index (χ4v) is 1.70. The van der Waals surface area contributed by atoms with Gasteiger partial charge in [-0.1, -0.05) is 0 Å². The number of halogens is 1. The van der Waals surface area contributed by atoms with Crippen LogP contribution in [0.15, 0.2) is 18.2 Å². The molecule has 0 aliphatic heterocycles. The fraction of sp³-hybridized carbons (Fsp3) is 0.500. The SMILES string of the molecule is CC(O)CN(C)c1ccc(F)cc1[C@@H](C)O. The normalized spacial score (nSPS) is 14.6. The van der Waals surface area contributed by atoms with Gasteiger partial charge in [0.2, 0.25) is 0 Å². The lowest BCUT2D eigenvalue weighted by atomic mass is 10.1. The van der Waals surface area contributed by atoms with Gasteiger partial charge in [-0.3, -0.25) is 0 Å². The van der Waals surface area contributed by atoms with Crippen LogP contribution in [0.5, 0.6) is 0 Å². The van der Waals surface area contributed by atoms with Gasteiger partial charge in [0.15, 0.2) is 0 Å². The first-order chi connectivity index (χ1) is 7.41. The van der Waals surface area contributed by atoms with Crippen LogP contribution >= 0.6 is 0 Å². The number of hydrogen-bond acceptors (Lipinski definition) is 3. The van der Waals surface area contributed by atoms with E-state index in [0.717, 1.165) is 5.69 Å². The highest BCUT2D eigenvalue weighted by molar-refractivity contribution is 5.54. The van der Waals surface area contributed by atoms with E-state index in [1.807, 2.05) is 0 Å². The third-order valence-corrected chi connectivity index (χ3v) is 2.39. The molecule has 0 bridgehead atoms. The molecule has 0 aliphatic carbocycles. The van der Waals surface area contributed by atoms with Gasteiger partial charge in [-0.25, -0.2) is 4.39 Å². The second kappa shape index (κ2) is 5.27. The number of benzene rings is 1. The zero-order valence-electron chi connectivity index (χ0n) is 9.81. The maximum Gasteiger partial charge on any atom is 0.123 e. The van der Waals surface area contributed by atoms with Gasteiger partial charge in [-0.15, -0.1) is 0 Å². The summed E-state index contributed by atoms with van der Waals surface area (Å²) >= 11 is 0. The predicted molar refractivity (Wildman–Crippen MR) is 62.0 cm³/mol. The van der Waals surface area contributed by atoms with Crippen molar-refractivity contribution in [3.63, 3.8) is 0 Å². The van der Waals surface area contributed by atoms with Crippen molar-refractivity contribution in [3.05, 3.63) is 29.6 Å². The van der Waals surface area contributed by atoms with Crippen molar-refractivity contribution in [2.24, 2.45) is 0 Å². The quantitative estimate of drug-likeness (QED) is 0.822. The van der Waals surface area contributed by atoms with Crippen molar-refractivity contribution < 1.29 is 14.6 Å². The molecule has 3 nitrogen and oxygen atoms in total. The number of aliphatic hydroxyl groups excluding tert-OH is 2. The smallest absolute Gasteiger partial charge is 0.123 e. The molecular formula is C12H18FNO2. The fourth-order valence-electron chi connectivity index (χ4n) is 1.70. The van der Waals surface area contributed by atoms with Crippen molar-refractivity contribution in [1.29, 1.82) is 0 Å². The number of anilines is 1. The van der Waals surface area contributed by atoms with E-state index in [-0.39, 0.29) is 5.82 Å². The molecule has 4 heteroatoms. The van der Waals surface area contributed by atoms with Crippen molar-refractivity contribution >= 4 is 5.69 Å². The zero-order chi connectivity index (χ0) is 12.3. The molecular weight excluding hydrogens is 209 g/mol. The first-order valence-electron chi connectivity index (χ1n) is 5.28. The van der Waals surface area contributed by atoms with E-state index in [9.17, 15) is 14.6 Å². The van der Waals surface area contributed by atoms with Crippen LogP contribution in [0.4, 0.5) is 10.1 Å². The summed E-state index contributed by atoms with van der Waals surface area (Å²) in [5, 5.41) is 18.8. The van der Waals surface area contributed by atoms with Crippen molar-refractivity contribution in [2.75, 3.05) is 18.5 Å². The van der Waals surface area contributed by atoms with Gasteiger partial charge in [-0.2, -0.15) is 0 Å². The molecule has 1 rings (SSSR count). The van der Waals surface area contributed by atoms with Gasteiger partial charge in [0.1, 0.15) is 5.82 Å². The second-order valence-electron chi connectivity index (χ2n) is 4.11. The Morgan fingerprint density at radius 1 is 1.31 bits per heavy atom. The Morgan fingerprint density at radius 2 is 1.94 bits per heavy atom. The maximum atomic E-state index is 13.1. The molecule has 1 aromatic rings. The van der Waals surface area contributed by atoms with Crippen LogP contribution in [0, 0.1) is 5.82 Å². The molecule has 2 atom stereocenters. The average molecular weight is 227 g/mol. The van der Waals surface area contributed by atoms with E-state index >= 15 is 0 Å². The van der Waals surface area contributed by atoms with E-state index < -0.39 is 12.2 Å². The van der Waals surface area contributed by atoms with Gasteiger partial charge in [0.05, 0.1) is 12.2 Å². The minimum atomic E-state index is -0.734. The molecule has 0 fully saturated rings. The Morgan fingerprint density at radius 3 is 2.44 bits per heavy atom. The standard InChI is InChI=1S/C12H18FNO2/c1-8(15)7-14(3)12-5-4-10(13)6-11(12)9(2)16/h4-6,8-9,15-16H,7H2,1-3H3/t8?,9-/m1/s1. The van der Waals surface area contributed by atoms with Crippen LogP contribution in [-0.4, -0.2) is 29.9 Å². The first kappa shape index (κ1) is 12.9. The first-order valence-corrected chi connectivity index (χ1v) is 5.28. The summed E-state index contributed by atoms with van der Waals surface area (Å²) in [4.78, 5) is 1.80. The molecule has 90 valence electrons. The van der Waals surface area contributed by atoms with E-state index in [4.69, 9.17) is 0 Å². The molecule has 1 unspecified atom stereocenters. The summed E-state index contributed by atoms with van der Waals surface area (Å²) < 4.78 is 13.1. The van der Waals surface area contributed by atoms with Crippen LogP contribution in [0.2, 0.25) is 0 Å². The number of nitrogens with zero attached hydrogens (tertiary/aromatic N) is 1. The average Bonchev–Trinajstić information content (AvgIpc) is 2.16. The molecule has 0 amide bonds. The monoisotopic (exact) mass is 227 g/mol. The van der Waals surface area contributed by atoms with E-state index in [2.05, 4.69) is 0 Å². The van der Waals surface area contributed by atoms with Gasteiger partial charge in [0.25, 0.3) is 0 Å². The number of hydrogen-bond donors (Lipinski definition) is 2. The summed E-state index contributed by atoms with van der Waals surface area (Å²) in [6.07, 6.45) is -1.21. The third kappa shape index (κ3) is 3.18. The molecule has 0 aromatic heterocycles. The summed E-state index contributed by atoms with van der Waals surface area (Å²) in [5.41, 5.74) is 1.26. The zero-order valence-corrected chi connectivity index (χ0v) is 9.81. The molecule has 16 heavy (non-hydrogen) atoms. The van der Waals surface area contributed by atoms with Crippen molar-refractivity contribution in [1.82, 2.24) is 0 Å². The minimum absolute atomic E-state index is 0.370. The number of aliphatic hydroxyl groups is 2. The van der Waals surface area contributed by atoms with Gasteiger partial charge in [-0.05, 0) is 32.0 Å². The lowest BCUT2D eigenvalue weighted by molar-refractivity contribution is 0.195. The summed E-state index contributed by atoms with van der Waals surface area (Å²) in [6.45, 7) is 3.71. The molecule has 0 spiro atoms.